The Labute approximate surface area is 114 Å². The summed E-state index contributed by atoms with van der Waals surface area (Å²) in [4.78, 5) is 0.231. The molecule has 0 amide bonds. The number of halogens is 1. The zero-order valence-electron chi connectivity index (χ0n) is 9.68. The van der Waals surface area contributed by atoms with Gasteiger partial charge in [0.15, 0.2) is 0 Å². The van der Waals surface area contributed by atoms with E-state index < -0.39 is 10.0 Å². The summed E-state index contributed by atoms with van der Waals surface area (Å²) in [6.07, 6.45) is 0. The molecule has 0 aliphatic carbocycles. The highest BCUT2D eigenvalue weighted by Gasteiger charge is 2.14. The average Bonchev–Trinajstić information content (AvgIpc) is 2.73. The van der Waals surface area contributed by atoms with Crippen LogP contribution in [0.15, 0.2) is 50.2 Å². The van der Waals surface area contributed by atoms with Crippen LogP contribution in [0.1, 0.15) is 11.5 Å². The highest BCUT2D eigenvalue weighted by atomic mass is 79.9. The van der Waals surface area contributed by atoms with Crippen molar-refractivity contribution in [3.63, 3.8) is 0 Å². The van der Waals surface area contributed by atoms with Crippen LogP contribution in [0.4, 0.5) is 0 Å². The second kappa shape index (κ2) is 5.26. The molecule has 96 valence electrons. The molecule has 1 heterocycles. The SMILES string of the molecule is Cc1ccc(CNS(=O)(=O)c2ccc(Br)cc2)o1. The smallest absolute Gasteiger partial charge is 0.240 e. The van der Waals surface area contributed by atoms with Crippen molar-refractivity contribution in [2.75, 3.05) is 0 Å². The molecule has 0 saturated carbocycles. The summed E-state index contributed by atoms with van der Waals surface area (Å²) in [5.41, 5.74) is 0. The summed E-state index contributed by atoms with van der Waals surface area (Å²) in [7, 11) is -3.50. The number of aryl methyl sites for hydroxylation is 1. The minimum absolute atomic E-state index is 0.145. The van der Waals surface area contributed by atoms with E-state index in [0.29, 0.717) is 5.76 Å². The Morgan fingerprint density at radius 3 is 2.39 bits per heavy atom. The fourth-order valence-electron chi connectivity index (χ4n) is 1.44. The molecule has 1 aromatic carbocycles. The number of benzene rings is 1. The van der Waals surface area contributed by atoms with E-state index in [9.17, 15) is 8.42 Å². The molecule has 0 aliphatic heterocycles. The molecule has 4 nitrogen and oxygen atoms in total. The van der Waals surface area contributed by atoms with Gasteiger partial charge < -0.3 is 4.42 Å². The summed E-state index contributed by atoms with van der Waals surface area (Å²) >= 11 is 3.26. The molecule has 6 heteroatoms. The Kier molecular flexibility index (Phi) is 3.89. The van der Waals surface area contributed by atoms with Crippen LogP contribution in [0.3, 0.4) is 0 Å². The first-order valence-electron chi connectivity index (χ1n) is 5.28. The van der Waals surface area contributed by atoms with Gasteiger partial charge in [0.2, 0.25) is 10.0 Å². The molecule has 0 radical (unpaired) electrons. The normalized spacial score (nSPS) is 11.7. The Morgan fingerprint density at radius 1 is 1.17 bits per heavy atom. The third-order valence-corrected chi connectivity index (χ3v) is 4.30. The van der Waals surface area contributed by atoms with Crippen LogP contribution >= 0.6 is 15.9 Å². The first-order valence-corrected chi connectivity index (χ1v) is 7.55. The predicted octanol–water partition coefficient (Wildman–Crippen LogP) is 2.83. The molecule has 0 aliphatic rings. The third-order valence-electron chi connectivity index (χ3n) is 2.36. The van der Waals surface area contributed by atoms with Crippen molar-refractivity contribution in [2.45, 2.75) is 18.4 Å². The van der Waals surface area contributed by atoms with Crippen molar-refractivity contribution in [1.82, 2.24) is 4.72 Å². The van der Waals surface area contributed by atoms with Gasteiger partial charge in [-0.3, -0.25) is 0 Å². The summed E-state index contributed by atoms with van der Waals surface area (Å²) in [5, 5.41) is 0. The summed E-state index contributed by atoms with van der Waals surface area (Å²) < 4.78 is 32.5. The monoisotopic (exact) mass is 329 g/mol. The number of hydrogen-bond donors (Lipinski definition) is 1. The molecular weight excluding hydrogens is 318 g/mol. The molecular formula is C12H12BrNO3S. The molecule has 18 heavy (non-hydrogen) atoms. The van der Waals surface area contributed by atoms with Crippen LogP contribution in [-0.2, 0) is 16.6 Å². The van der Waals surface area contributed by atoms with Crippen molar-refractivity contribution in [3.05, 3.63) is 52.4 Å². The zero-order valence-corrected chi connectivity index (χ0v) is 12.1. The van der Waals surface area contributed by atoms with Crippen molar-refractivity contribution < 1.29 is 12.8 Å². The third kappa shape index (κ3) is 3.22. The first-order chi connectivity index (χ1) is 8.47. The van der Waals surface area contributed by atoms with Gasteiger partial charge in [-0.2, -0.15) is 0 Å². The van der Waals surface area contributed by atoms with Gasteiger partial charge in [0.25, 0.3) is 0 Å². The highest BCUT2D eigenvalue weighted by molar-refractivity contribution is 9.10. The first kappa shape index (κ1) is 13.3. The molecule has 1 N–H and O–H groups in total. The molecule has 0 atom stereocenters. The average molecular weight is 330 g/mol. The second-order valence-electron chi connectivity index (χ2n) is 3.79. The van der Waals surface area contributed by atoms with Crippen LogP contribution in [0.5, 0.6) is 0 Å². The number of sulfonamides is 1. The van der Waals surface area contributed by atoms with E-state index in [0.717, 1.165) is 10.2 Å². The molecule has 0 saturated heterocycles. The van der Waals surface area contributed by atoms with Crippen molar-refractivity contribution in [2.24, 2.45) is 0 Å². The number of furan rings is 1. The summed E-state index contributed by atoms with van der Waals surface area (Å²) in [5.74, 6) is 1.35. The van der Waals surface area contributed by atoms with Crippen molar-refractivity contribution in [1.29, 1.82) is 0 Å². The lowest BCUT2D eigenvalue weighted by molar-refractivity contribution is 0.475. The van der Waals surface area contributed by atoms with Crippen LogP contribution in [0, 0.1) is 6.92 Å². The van der Waals surface area contributed by atoms with E-state index in [1.807, 2.05) is 6.92 Å². The Morgan fingerprint density at radius 2 is 1.83 bits per heavy atom. The minimum Gasteiger partial charge on any atom is -0.465 e. The maximum absolute atomic E-state index is 12.0. The standard InChI is InChI=1S/C12H12BrNO3S/c1-9-2-5-11(17-9)8-14-18(15,16)12-6-3-10(13)4-7-12/h2-7,14H,8H2,1H3. The maximum atomic E-state index is 12.0. The fourth-order valence-corrected chi connectivity index (χ4v) is 2.70. The lowest BCUT2D eigenvalue weighted by Gasteiger charge is -2.05. The van der Waals surface area contributed by atoms with Gasteiger partial charge in [0, 0.05) is 4.47 Å². The zero-order chi connectivity index (χ0) is 13.2. The molecule has 1 aromatic heterocycles. The molecule has 0 spiro atoms. The van der Waals surface area contributed by atoms with Crippen LogP contribution in [0.25, 0.3) is 0 Å². The van der Waals surface area contributed by atoms with E-state index in [1.165, 1.54) is 0 Å². The molecule has 0 unspecified atom stereocenters. The van der Waals surface area contributed by atoms with Crippen LogP contribution < -0.4 is 4.72 Å². The second-order valence-corrected chi connectivity index (χ2v) is 6.47. The van der Waals surface area contributed by atoms with E-state index in [4.69, 9.17) is 4.42 Å². The van der Waals surface area contributed by atoms with Gasteiger partial charge in [0.05, 0.1) is 11.4 Å². The molecule has 2 rings (SSSR count). The van der Waals surface area contributed by atoms with Gasteiger partial charge in [-0.15, -0.1) is 0 Å². The lowest BCUT2D eigenvalue weighted by Crippen LogP contribution is -2.22. The van der Waals surface area contributed by atoms with E-state index in [1.54, 1.807) is 36.4 Å². The summed E-state index contributed by atoms with van der Waals surface area (Å²) in [6.45, 7) is 1.96. The largest absolute Gasteiger partial charge is 0.465 e. The van der Waals surface area contributed by atoms with Gasteiger partial charge in [-0.25, -0.2) is 13.1 Å². The summed E-state index contributed by atoms with van der Waals surface area (Å²) in [6, 6.07) is 10.00. The van der Waals surface area contributed by atoms with E-state index in [2.05, 4.69) is 20.7 Å². The Bertz CT molecular complexity index is 632. The van der Waals surface area contributed by atoms with Gasteiger partial charge in [0.1, 0.15) is 11.5 Å². The molecule has 2 aromatic rings. The van der Waals surface area contributed by atoms with Gasteiger partial charge in [-0.05, 0) is 43.3 Å². The van der Waals surface area contributed by atoms with Crippen molar-refractivity contribution >= 4 is 26.0 Å². The van der Waals surface area contributed by atoms with Crippen LogP contribution in [-0.4, -0.2) is 8.42 Å². The molecule has 0 fully saturated rings. The van der Waals surface area contributed by atoms with Crippen LogP contribution in [0.2, 0.25) is 0 Å². The minimum atomic E-state index is -3.50. The van der Waals surface area contributed by atoms with Crippen molar-refractivity contribution in [3.8, 4) is 0 Å². The number of rotatable bonds is 4. The fraction of sp³-hybridized carbons (Fsp3) is 0.167. The topological polar surface area (TPSA) is 59.3 Å². The predicted molar refractivity (Wildman–Crippen MR) is 71.6 cm³/mol. The van der Waals surface area contributed by atoms with E-state index >= 15 is 0 Å². The maximum Gasteiger partial charge on any atom is 0.240 e. The number of nitrogens with one attached hydrogen (secondary N) is 1. The highest BCUT2D eigenvalue weighted by Crippen LogP contribution is 2.15. The van der Waals surface area contributed by atoms with Gasteiger partial charge in [-0.1, -0.05) is 15.9 Å². The van der Waals surface area contributed by atoms with E-state index in [-0.39, 0.29) is 11.4 Å². The quantitative estimate of drug-likeness (QED) is 0.938. The Balaban J connectivity index is 2.10. The Hall–Kier alpha value is -1.11. The lowest BCUT2D eigenvalue weighted by atomic mass is 10.4. The van der Waals surface area contributed by atoms with Gasteiger partial charge >= 0.3 is 0 Å². The number of hydrogen-bond acceptors (Lipinski definition) is 3. The molecule has 0 bridgehead atoms.